The second-order valence-electron chi connectivity index (χ2n) is 5.27. The highest BCUT2D eigenvalue weighted by Gasteiger charge is 2.25. The van der Waals surface area contributed by atoms with Crippen LogP contribution in [0, 0.1) is 11.7 Å². The Labute approximate surface area is 118 Å². The summed E-state index contributed by atoms with van der Waals surface area (Å²) in [6.07, 6.45) is 0.943. The Kier molecular flexibility index (Phi) is 4.47. The number of piperidine rings is 1. The molecule has 0 saturated carbocycles. The number of rotatable bonds is 2. The fourth-order valence-corrected chi connectivity index (χ4v) is 2.69. The molecular weight excluding hydrogens is 263 g/mol. The van der Waals surface area contributed by atoms with E-state index in [1.165, 1.54) is 18.2 Å². The van der Waals surface area contributed by atoms with Crippen LogP contribution < -0.4 is 5.32 Å². The van der Waals surface area contributed by atoms with E-state index in [-0.39, 0.29) is 16.8 Å². The second-order valence-corrected chi connectivity index (χ2v) is 5.76. The van der Waals surface area contributed by atoms with Crippen LogP contribution in [0.25, 0.3) is 0 Å². The monoisotopic (exact) mass is 282 g/mol. The van der Waals surface area contributed by atoms with Gasteiger partial charge in [-0.25, -0.2) is 4.39 Å². The molecular formula is C14H19FN2OS. The summed E-state index contributed by atoms with van der Waals surface area (Å²) >= 11 is 4.00. The third-order valence-electron chi connectivity index (χ3n) is 3.63. The molecule has 104 valence electrons. The lowest BCUT2D eigenvalue weighted by Crippen LogP contribution is -2.48. The van der Waals surface area contributed by atoms with Gasteiger partial charge in [0.15, 0.2) is 0 Å². The first-order valence-corrected chi connectivity index (χ1v) is 6.90. The summed E-state index contributed by atoms with van der Waals surface area (Å²) in [4.78, 5) is 14.6. The zero-order chi connectivity index (χ0) is 14.0. The number of halogens is 1. The molecule has 1 aromatic carbocycles. The third kappa shape index (κ3) is 3.48. The molecule has 0 radical (unpaired) electrons. The summed E-state index contributed by atoms with van der Waals surface area (Å²) < 4.78 is 13.1. The van der Waals surface area contributed by atoms with Gasteiger partial charge in [-0.2, -0.15) is 0 Å². The van der Waals surface area contributed by atoms with Gasteiger partial charge in [-0.1, -0.05) is 6.92 Å². The Morgan fingerprint density at radius 2 is 2.26 bits per heavy atom. The van der Waals surface area contributed by atoms with E-state index < -0.39 is 5.82 Å². The van der Waals surface area contributed by atoms with Crippen molar-refractivity contribution >= 4 is 18.5 Å². The summed E-state index contributed by atoms with van der Waals surface area (Å²) in [6, 6.07) is 4.41. The minimum Gasteiger partial charge on any atom is -0.349 e. The molecule has 2 atom stereocenters. The normalized spacial score (nSPS) is 24.2. The van der Waals surface area contributed by atoms with Crippen molar-refractivity contribution in [3.8, 4) is 0 Å². The lowest BCUT2D eigenvalue weighted by molar-refractivity contribution is 0.0883. The topological polar surface area (TPSA) is 32.3 Å². The van der Waals surface area contributed by atoms with E-state index in [4.69, 9.17) is 0 Å². The molecule has 1 aliphatic rings. The highest BCUT2D eigenvalue weighted by atomic mass is 32.1. The molecule has 1 aliphatic heterocycles. The van der Waals surface area contributed by atoms with Gasteiger partial charge in [0.2, 0.25) is 0 Å². The van der Waals surface area contributed by atoms with E-state index in [1.807, 2.05) is 0 Å². The summed E-state index contributed by atoms with van der Waals surface area (Å²) in [5.41, 5.74) is 0.456. The number of nitrogens with zero attached hydrogens (tertiary/aromatic N) is 1. The van der Waals surface area contributed by atoms with E-state index in [1.54, 1.807) is 0 Å². The van der Waals surface area contributed by atoms with Crippen molar-refractivity contribution in [3.63, 3.8) is 0 Å². The number of hydrogen-bond donors (Lipinski definition) is 2. The van der Waals surface area contributed by atoms with Gasteiger partial charge in [0.25, 0.3) is 5.91 Å². The predicted octanol–water partition coefficient (Wildman–Crippen LogP) is 2.18. The number of carbonyl (C=O) groups is 1. The number of carbonyl (C=O) groups excluding carboxylic acids is 1. The van der Waals surface area contributed by atoms with Gasteiger partial charge >= 0.3 is 0 Å². The van der Waals surface area contributed by atoms with Crippen molar-refractivity contribution in [2.24, 2.45) is 5.92 Å². The van der Waals surface area contributed by atoms with E-state index in [2.05, 4.69) is 36.8 Å². The average Bonchev–Trinajstić information content (AvgIpc) is 2.36. The molecule has 1 heterocycles. The van der Waals surface area contributed by atoms with E-state index in [0.29, 0.717) is 11.5 Å². The molecule has 2 rings (SSSR count). The highest BCUT2D eigenvalue weighted by Crippen LogP contribution is 2.18. The van der Waals surface area contributed by atoms with Gasteiger partial charge in [-0.3, -0.25) is 4.79 Å². The zero-order valence-electron chi connectivity index (χ0n) is 11.2. The number of amides is 1. The van der Waals surface area contributed by atoms with Crippen molar-refractivity contribution in [3.05, 3.63) is 29.6 Å². The summed E-state index contributed by atoms with van der Waals surface area (Å²) in [5, 5.41) is 3.03. The highest BCUT2D eigenvalue weighted by molar-refractivity contribution is 7.80. The minimum absolute atomic E-state index is 0.156. The Morgan fingerprint density at radius 1 is 1.53 bits per heavy atom. The van der Waals surface area contributed by atoms with Crippen LogP contribution in [0.4, 0.5) is 4.39 Å². The number of benzene rings is 1. The van der Waals surface area contributed by atoms with Crippen LogP contribution in [0.5, 0.6) is 0 Å². The first-order valence-electron chi connectivity index (χ1n) is 6.45. The van der Waals surface area contributed by atoms with Gasteiger partial charge in [0.05, 0.1) is 0 Å². The molecule has 19 heavy (non-hydrogen) atoms. The summed E-state index contributed by atoms with van der Waals surface area (Å²) in [6.45, 7) is 4.10. The third-order valence-corrected chi connectivity index (χ3v) is 3.98. The smallest absolute Gasteiger partial charge is 0.251 e. The van der Waals surface area contributed by atoms with Crippen molar-refractivity contribution in [1.29, 1.82) is 0 Å². The Morgan fingerprint density at radius 3 is 2.89 bits per heavy atom. The molecule has 0 aromatic heterocycles. The molecule has 0 aliphatic carbocycles. The molecule has 0 bridgehead atoms. The van der Waals surface area contributed by atoms with Crippen molar-refractivity contribution in [2.45, 2.75) is 24.3 Å². The number of nitrogens with one attached hydrogen (secondary N) is 1. The lowest BCUT2D eigenvalue weighted by Gasteiger charge is -2.35. The van der Waals surface area contributed by atoms with Gasteiger partial charge in [-0.05, 0) is 44.1 Å². The molecule has 1 amide bonds. The first-order chi connectivity index (χ1) is 8.97. The van der Waals surface area contributed by atoms with E-state index in [9.17, 15) is 9.18 Å². The maximum Gasteiger partial charge on any atom is 0.251 e. The number of likely N-dealkylation sites (tertiary alicyclic amines) is 1. The maximum absolute atomic E-state index is 13.1. The fourth-order valence-electron chi connectivity index (χ4n) is 2.47. The van der Waals surface area contributed by atoms with Gasteiger partial charge in [0, 0.05) is 23.0 Å². The van der Waals surface area contributed by atoms with Gasteiger partial charge in [-0.15, -0.1) is 12.6 Å². The summed E-state index contributed by atoms with van der Waals surface area (Å²) in [7, 11) is 2.09. The van der Waals surface area contributed by atoms with Crippen LogP contribution in [0.15, 0.2) is 23.1 Å². The van der Waals surface area contributed by atoms with Crippen molar-refractivity contribution < 1.29 is 9.18 Å². The first kappa shape index (κ1) is 14.3. The van der Waals surface area contributed by atoms with Gasteiger partial charge < -0.3 is 10.2 Å². The maximum atomic E-state index is 13.1. The summed E-state index contributed by atoms with van der Waals surface area (Å²) in [5.74, 6) is -0.150. The molecule has 2 unspecified atom stereocenters. The SMILES string of the molecule is CC1CN(C)CCC1NC(=O)c1ccc(F)c(S)c1. The Balaban J connectivity index is 2.02. The molecule has 1 fully saturated rings. The van der Waals surface area contributed by atoms with E-state index >= 15 is 0 Å². The molecule has 1 aromatic rings. The second kappa shape index (κ2) is 5.92. The zero-order valence-corrected chi connectivity index (χ0v) is 12.1. The minimum atomic E-state index is -0.410. The van der Waals surface area contributed by atoms with Crippen LogP contribution in [0.3, 0.4) is 0 Å². The Hall–Kier alpha value is -1.07. The standard InChI is InChI=1S/C14H19FN2OS/c1-9-8-17(2)6-5-12(9)16-14(18)10-3-4-11(15)13(19)7-10/h3-4,7,9,12,19H,5-6,8H2,1-2H3,(H,16,18). The van der Waals surface area contributed by atoms with E-state index in [0.717, 1.165) is 19.5 Å². The quantitative estimate of drug-likeness (QED) is 0.815. The van der Waals surface area contributed by atoms with Crippen LogP contribution in [0.2, 0.25) is 0 Å². The average molecular weight is 282 g/mol. The molecule has 3 nitrogen and oxygen atoms in total. The van der Waals surface area contributed by atoms with Crippen LogP contribution in [-0.4, -0.2) is 37.0 Å². The number of hydrogen-bond acceptors (Lipinski definition) is 3. The lowest BCUT2D eigenvalue weighted by atomic mass is 9.94. The van der Waals surface area contributed by atoms with Gasteiger partial charge in [0.1, 0.15) is 5.82 Å². The van der Waals surface area contributed by atoms with Crippen LogP contribution in [0.1, 0.15) is 23.7 Å². The molecule has 0 spiro atoms. The molecule has 1 saturated heterocycles. The number of thiol groups is 1. The molecule has 5 heteroatoms. The van der Waals surface area contributed by atoms with Crippen LogP contribution in [-0.2, 0) is 0 Å². The predicted molar refractivity (Wildman–Crippen MR) is 76.2 cm³/mol. The fraction of sp³-hybridized carbons (Fsp3) is 0.500. The Bertz CT molecular complexity index is 481. The van der Waals surface area contributed by atoms with Crippen molar-refractivity contribution in [1.82, 2.24) is 10.2 Å². The van der Waals surface area contributed by atoms with Crippen LogP contribution >= 0.6 is 12.6 Å². The largest absolute Gasteiger partial charge is 0.349 e. The van der Waals surface area contributed by atoms with Crippen molar-refractivity contribution in [2.75, 3.05) is 20.1 Å². The molecule has 1 N–H and O–H groups in total.